The molecule has 0 aliphatic carbocycles. The predicted molar refractivity (Wildman–Crippen MR) is 122 cm³/mol. The number of aromatic nitrogens is 1. The molecule has 0 aliphatic heterocycles. The molecule has 0 unspecified atom stereocenters. The number of amides is 1. The van der Waals surface area contributed by atoms with E-state index in [1.165, 1.54) is 35.6 Å². The molecule has 0 bridgehead atoms. The number of halogens is 1. The van der Waals surface area contributed by atoms with Gasteiger partial charge in [-0.25, -0.2) is 9.37 Å². The number of rotatable bonds is 5. The molecule has 2 heterocycles. The highest BCUT2D eigenvalue weighted by Gasteiger charge is 2.19. The molecule has 32 heavy (non-hydrogen) atoms. The van der Waals surface area contributed by atoms with E-state index in [1.54, 1.807) is 24.3 Å². The van der Waals surface area contributed by atoms with Crippen LogP contribution in [0.5, 0.6) is 5.75 Å². The van der Waals surface area contributed by atoms with Gasteiger partial charge in [0.2, 0.25) is 11.2 Å². The van der Waals surface area contributed by atoms with Gasteiger partial charge in [-0.05, 0) is 48.5 Å². The third kappa shape index (κ3) is 3.83. The summed E-state index contributed by atoms with van der Waals surface area (Å²) in [5.74, 6) is -0.882. The van der Waals surface area contributed by atoms with Crippen LogP contribution in [0.1, 0.15) is 0 Å². The lowest BCUT2D eigenvalue weighted by molar-refractivity contribution is -0.118. The largest absolute Gasteiger partial charge is 0.476 e. The molecule has 0 aliphatic rings. The lowest BCUT2D eigenvalue weighted by Crippen LogP contribution is -2.22. The average Bonchev–Trinajstić information content (AvgIpc) is 3.21. The number of carbonyl (C=O) groups is 1. The standard InChI is InChI=1S/C24H15FN2O4S/c25-15-11-9-14(10-12-15)22-23(21(29)16-5-1-3-7-18(16)31-22)30-13-20(28)27-24-26-17-6-2-4-8-19(17)32-24/h1-12H,13H2,(H,26,27,28). The van der Waals surface area contributed by atoms with Gasteiger partial charge in [0.05, 0.1) is 15.6 Å². The molecular formula is C24H15FN2O4S. The molecule has 5 rings (SSSR count). The first kappa shape index (κ1) is 19.9. The van der Waals surface area contributed by atoms with Gasteiger partial charge in [-0.1, -0.05) is 35.6 Å². The van der Waals surface area contributed by atoms with Crippen molar-refractivity contribution in [3.05, 3.63) is 88.8 Å². The second-order valence-corrected chi connectivity index (χ2v) is 7.95. The van der Waals surface area contributed by atoms with Gasteiger partial charge in [-0.3, -0.25) is 14.9 Å². The van der Waals surface area contributed by atoms with E-state index in [0.717, 1.165) is 10.2 Å². The summed E-state index contributed by atoms with van der Waals surface area (Å²) < 4.78 is 25.9. The quantitative estimate of drug-likeness (QED) is 0.400. The molecule has 5 aromatic rings. The van der Waals surface area contributed by atoms with Crippen molar-refractivity contribution in [2.75, 3.05) is 11.9 Å². The van der Waals surface area contributed by atoms with Crippen LogP contribution < -0.4 is 15.5 Å². The van der Waals surface area contributed by atoms with Crippen molar-refractivity contribution in [3.63, 3.8) is 0 Å². The second kappa shape index (κ2) is 8.24. The Balaban J connectivity index is 1.45. The number of benzene rings is 3. The number of fused-ring (bicyclic) bond motifs is 2. The van der Waals surface area contributed by atoms with Crippen LogP contribution in [0.3, 0.4) is 0 Å². The van der Waals surface area contributed by atoms with Crippen molar-refractivity contribution in [2.24, 2.45) is 0 Å². The van der Waals surface area contributed by atoms with E-state index in [0.29, 0.717) is 21.7 Å². The second-order valence-electron chi connectivity index (χ2n) is 6.92. The molecule has 0 atom stereocenters. The van der Waals surface area contributed by atoms with Crippen LogP contribution in [0.25, 0.3) is 32.5 Å². The predicted octanol–water partition coefficient (Wildman–Crippen LogP) is 5.23. The van der Waals surface area contributed by atoms with Crippen molar-refractivity contribution in [3.8, 4) is 17.1 Å². The summed E-state index contributed by atoms with van der Waals surface area (Å²) in [5.41, 5.74) is 1.18. The lowest BCUT2D eigenvalue weighted by Gasteiger charge is -2.11. The van der Waals surface area contributed by atoms with Crippen LogP contribution in [0.15, 0.2) is 82.0 Å². The fourth-order valence-electron chi connectivity index (χ4n) is 3.27. The minimum absolute atomic E-state index is 0.116. The third-order valence-corrected chi connectivity index (χ3v) is 5.70. The number of carbonyl (C=O) groups excluding carboxylic acids is 1. The van der Waals surface area contributed by atoms with Gasteiger partial charge in [0.15, 0.2) is 17.5 Å². The summed E-state index contributed by atoms with van der Waals surface area (Å²) in [6, 6.07) is 19.7. The molecule has 1 N–H and O–H groups in total. The van der Waals surface area contributed by atoms with E-state index < -0.39 is 23.8 Å². The number of ether oxygens (including phenoxy) is 1. The molecule has 3 aromatic carbocycles. The Hall–Kier alpha value is -4.04. The molecule has 2 aromatic heterocycles. The van der Waals surface area contributed by atoms with Crippen molar-refractivity contribution in [2.45, 2.75) is 0 Å². The Bertz CT molecular complexity index is 1480. The van der Waals surface area contributed by atoms with E-state index in [9.17, 15) is 14.0 Å². The van der Waals surface area contributed by atoms with Crippen LogP contribution in [-0.4, -0.2) is 17.5 Å². The monoisotopic (exact) mass is 446 g/mol. The highest BCUT2D eigenvalue weighted by Crippen LogP contribution is 2.31. The lowest BCUT2D eigenvalue weighted by atomic mass is 10.1. The maximum atomic E-state index is 13.4. The highest BCUT2D eigenvalue weighted by molar-refractivity contribution is 7.22. The first-order valence-electron chi connectivity index (χ1n) is 9.68. The number of nitrogens with zero attached hydrogens (tertiary/aromatic N) is 1. The Morgan fingerprint density at radius 1 is 1.03 bits per heavy atom. The summed E-state index contributed by atoms with van der Waals surface area (Å²) in [6.45, 7) is -0.423. The SMILES string of the molecule is O=C(COc1c(-c2ccc(F)cc2)oc2ccccc2c1=O)Nc1nc2ccccc2s1. The molecule has 6 nitrogen and oxygen atoms in total. The molecule has 8 heteroatoms. The fourth-order valence-corrected chi connectivity index (χ4v) is 4.15. The molecule has 0 spiro atoms. The average molecular weight is 446 g/mol. The van der Waals surface area contributed by atoms with Crippen LogP contribution in [0.4, 0.5) is 9.52 Å². The first-order chi connectivity index (χ1) is 15.6. The Labute approximate surface area is 184 Å². The normalized spacial score (nSPS) is 11.0. The molecule has 0 radical (unpaired) electrons. The van der Waals surface area contributed by atoms with Crippen LogP contribution >= 0.6 is 11.3 Å². The Kier molecular flexibility index (Phi) is 5.12. The minimum atomic E-state index is -0.471. The van der Waals surface area contributed by atoms with Crippen molar-refractivity contribution < 1.29 is 18.3 Å². The van der Waals surface area contributed by atoms with E-state index in [-0.39, 0.29) is 11.5 Å². The van der Waals surface area contributed by atoms with Gasteiger partial charge in [0, 0.05) is 5.56 Å². The number of nitrogens with one attached hydrogen (secondary N) is 1. The van der Waals surface area contributed by atoms with Crippen LogP contribution in [-0.2, 0) is 4.79 Å². The number of thiazole rings is 1. The third-order valence-electron chi connectivity index (χ3n) is 4.75. The zero-order chi connectivity index (χ0) is 22.1. The number of anilines is 1. The van der Waals surface area contributed by atoms with Gasteiger partial charge < -0.3 is 9.15 Å². The Morgan fingerprint density at radius 2 is 1.78 bits per heavy atom. The first-order valence-corrected chi connectivity index (χ1v) is 10.5. The molecule has 0 fully saturated rings. The van der Waals surface area contributed by atoms with E-state index in [4.69, 9.17) is 9.15 Å². The van der Waals surface area contributed by atoms with Crippen LogP contribution in [0, 0.1) is 5.82 Å². The smallest absolute Gasteiger partial charge is 0.264 e. The van der Waals surface area contributed by atoms with E-state index in [2.05, 4.69) is 10.3 Å². The van der Waals surface area contributed by atoms with E-state index >= 15 is 0 Å². The number of para-hydroxylation sites is 2. The summed E-state index contributed by atoms with van der Waals surface area (Å²) in [5, 5.41) is 3.44. The topological polar surface area (TPSA) is 81.4 Å². The number of hydrogen-bond donors (Lipinski definition) is 1. The van der Waals surface area contributed by atoms with Crippen molar-refractivity contribution in [1.82, 2.24) is 4.98 Å². The summed E-state index contributed by atoms with van der Waals surface area (Å²) in [7, 11) is 0. The van der Waals surface area contributed by atoms with Crippen molar-refractivity contribution >= 4 is 43.6 Å². The minimum Gasteiger partial charge on any atom is -0.476 e. The summed E-state index contributed by atoms with van der Waals surface area (Å²) in [4.78, 5) is 29.9. The molecule has 0 saturated heterocycles. The molecule has 1 amide bonds. The van der Waals surface area contributed by atoms with Gasteiger partial charge in [0.1, 0.15) is 11.4 Å². The molecular weight excluding hydrogens is 431 g/mol. The molecule has 158 valence electrons. The zero-order valence-corrected chi connectivity index (χ0v) is 17.3. The Morgan fingerprint density at radius 3 is 2.59 bits per heavy atom. The van der Waals surface area contributed by atoms with Crippen LogP contribution in [0.2, 0.25) is 0 Å². The maximum Gasteiger partial charge on any atom is 0.264 e. The maximum absolute atomic E-state index is 13.4. The summed E-state index contributed by atoms with van der Waals surface area (Å²) in [6.07, 6.45) is 0. The number of hydrogen-bond acceptors (Lipinski definition) is 6. The summed E-state index contributed by atoms with van der Waals surface area (Å²) >= 11 is 1.34. The van der Waals surface area contributed by atoms with Gasteiger partial charge in [-0.2, -0.15) is 0 Å². The highest BCUT2D eigenvalue weighted by atomic mass is 32.1. The van der Waals surface area contributed by atoms with Gasteiger partial charge >= 0.3 is 0 Å². The van der Waals surface area contributed by atoms with Gasteiger partial charge in [0.25, 0.3) is 5.91 Å². The van der Waals surface area contributed by atoms with E-state index in [1.807, 2.05) is 24.3 Å². The van der Waals surface area contributed by atoms with Crippen molar-refractivity contribution in [1.29, 1.82) is 0 Å². The molecule has 0 saturated carbocycles. The fraction of sp³-hybridized carbons (Fsp3) is 0.0417. The zero-order valence-electron chi connectivity index (χ0n) is 16.5. The van der Waals surface area contributed by atoms with Gasteiger partial charge in [-0.15, -0.1) is 0 Å².